The lowest BCUT2D eigenvalue weighted by Gasteiger charge is -2.56. The number of amides is 2. The molecule has 4 aliphatic carbocycles. The van der Waals surface area contributed by atoms with Crippen LogP contribution in [0.15, 0.2) is 0 Å². The summed E-state index contributed by atoms with van der Waals surface area (Å²) < 4.78 is 0. The van der Waals surface area contributed by atoms with Crippen LogP contribution in [0.5, 0.6) is 0 Å². The van der Waals surface area contributed by atoms with Crippen molar-refractivity contribution in [3.8, 4) is 0 Å². The molecule has 0 radical (unpaired) electrons. The van der Waals surface area contributed by atoms with Gasteiger partial charge in [0.1, 0.15) is 6.54 Å². The minimum Gasteiger partial charge on any atom is -0.480 e. The van der Waals surface area contributed by atoms with Gasteiger partial charge in [0.15, 0.2) is 0 Å². The molecule has 106 valence electrons. The quantitative estimate of drug-likeness (QED) is 0.814. The van der Waals surface area contributed by atoms with Crippen molar-refractivity contribution in [2.45, 2.75) is 38.1 Å². The molecule has 0 unspecified atom stereocenters. The van der Waals surface area contributed by atoms with E-state index in [2.05, 4.69) is 5.32 Å². The number of carboxylic acid groups (broad SMARTS) is 1. The van der Waals surface area contributed by atoms with Crippen LogP contribution in [-0.4, -0.2) is 41.6 Å². The third-order valence-electron chi connectivity index (χ3n) is 5.32. The van der Waals surface area contributed by atoms with Gasteiger partial charge in [-0.3, -0.25) is 4.79 Å². The minimum atomic E-state index is -0.919. The zero-order valence-corrected chi connectivity index (χ0v) is 11.3. The summed E-state index contributed by atoms with van der Waals surface area (Å²) in [4.78, 5) is 24.6. The highest BCUT2D eigenvalue weighted by molar-refractivity contribution is 5.80. The minimum absolute atomic E-state index is 0.142. The maximum atomic E-state index is 12.0. The zero-order chi connectivity index (χ0) is 13.6. The van der Waals surface area contributed by atoms with Crippen LogP contribution in [0.2, 0.25) is 0 Å². The van der Waals surface area contributed by atoms with Crippen molar-refractivity contribution in [3.63, 3.8) is 0 Å². The van der Waals surface area contributed by atoms with Gasteiger partial charge in [0.25, 0.3) is 0 Å². The van der Waals surface area contributed by atoms with Crippen LogP contribution >= 0.6 is 0 Å². The number of urea groups is 1. The second-order valence-corrected chi connectivity index (χ2v) is 6.50. The molecule has 0 saturated heterocycles. The van der Waals surface area contributed by atoms with E-state index < -0.39 is 5.97 Å². The molecule has 5 heteroatoms. The second-order valence-electron chi connectivity index (χ2n) is 6.50. The molecule has 0 aromatic heterocycles. The average molecular weight is 266 g/mol. The molecule has 19 heavy (non-hydrogen) atoms. The van der Waals surface area contributed by atoms with Crippen molar-refractivity contribution in [1.82, 2.24) is 10.2 Å². The first-order valence-corrected chi connectivity index (χ1v) is 7.28. The fourth-order valence-corrected chi connectivity index (χ4v) is 5.01. The van der Waals surface area contributed by atoms with E-state index in [0.29, 0.717) is 11.8 Å². The van der Waals surface area contributed by atoms with Gasteiger partial charge in [-0.05, 0) is 55.8 Å². The maximum Gasteiger partial charge on any atom is 0.323 e. The van der Waals surface area contributed by atoms with Gasteiger partial charge in [0.2, 0.25) is 0 Å². The standard InChI is InChI=1S/C14H22N2O3/c1-15-14(19)16(7-12(17)18)13-10-3-8-2-9(5-10)6-11(13)4-8/h8-11,13H,2-7H2,1H3,(H,15,19)(H,17,18). The molecule has 0 aliphatic heterocycles. The largest absolute Gasteiger partial charge is 0.480 e. The SMILES string of the molecule is CNC(=O)N(CC(=O)O)C1C2CC3CC(C2)CC1C3. The number of hydrogen-bond donors (Lipinski definition) is 2. The van der Waals surface area contributed by atoms with Crippen molar-refractivity contribution >= 4 is 12.0 Å². The van der Waals surface area contributed by atoms with Gasteiger partial charge in [-0.15, -0.1) is 0 Å². The van der Waals surface area contributed by atoms with Gasteiger partial charge in [0, 0.05) is 13.1 Å². The smallest absolute Gasteiger partial charge is 0.323 e. The Morgan fingerprint density at radius 1 is 1.11 bits per heavy atom. The third-order valence-corrected chi connectivity index (χ3v) is 5.32. The van der Waals surface area contributed by atoms with Crippen LogP contribution in [0.4, 0.5) is 4.79 Å². The van der Waals surface area contributed by atoms with Crippen LogP contribution in [0.3, 0.4) is 0 Å². The lowest BCUT2D eigenvalue weighted by atomic mass is 9.54. The number of carbonyl (C=O) groups excluding carboxylic acids is 1. The predicted octanol–water partition coefficient (Wildman–Crippen LogP) is 1.54. The van der Waals surface area contributed by atoms with Crippen molar-refractivity contribution in [3.05, 3.63) is 0 Å². The first kappa shape index (κ1) is 12.8. The summed E-state index contributed by atoms with van der Waals surface area (Å²) in [5.74, 6) is 1.78. The van der Waals surface area contributed by atoms with E-state index in [0.717, 1.165) is 11.8 Å². The lowest BCUT2D eigenvalue weighted by Crippen LogP contribution is -2.59. The van der Waals surface area contributed by atoms with Gasteiger partial charge in [0.05, 0.1) is 0 Å². The summed E-state index contributed by atoms with van der Waals surface area (Å²) in [5.41, 5.74) is 0. The normalized spacial score (nSPS) is 39.1. The van der Waals surface area contributed by atoms with Crippen molar-refractivity contribution in [2.75, 3.05) is 13.6 Å². The Morgan fingerprint density at radius 3 is 2.05 bits per heavy atom. The van der Waals surface area contributed by atoms with E-state index >= 15 is 0 Å². The number of carboxylic acids is 1. The second kappa shape index (κ2) is 4.69. The van der Waals surface area contributed by atoms with Crippen LogP contribution in [0.25, 0.3) is 0 Å². The van der Waals surface area contributed by atoms with Gasteiger partial charge >= 0.3 is 12.0 Å². The lowest BCUT2D eigenvalue weighted by molar-refractivity contribution is -0.140. The summed E-state index contributed by atoms with van der Waals surface area (Å²) in [7, 11) is 1.58. The Hall–Kier alpha value is -1.26. The Balaban J connectivity index is 1.81. The van der Waals surface area contributed by atoms with Gasteiger partial charge in [-0.2, -0.15) is 0 Å². The number of carbonyl (C=O) groups is 2. The summed E-state index contributed by atoms with van der Waals surface area (Å²) in [6, 6.07) is -0.0938. The number of hydrogen-bond acceptors (Lipinski definition) is 2. The highest BCUT2D eigenvalue weighted by Crippen LogP contribution is 2.55. The van der Waals surface area contributed by atoms with E-state index in [1.54, 1.807) is 11.9 Å². The molecule has 4 aliphatic rings. The van der Waals surface area contributed by atoms with E-state index in [4.69, 9.17) is 5.11 Å². The average Bonchev–Trinajstić information content (AvgIpc) is 2.34. The Morgan fingerprint density at radius 2 is 1.63 bits per heavy atom. The van der Waals surface area contributed by atoms with Crippen molar-refractivity contribution in [1.29, 1.82) is 0 Å². The molecule has 4 fully saturated rings. The van der Waals surface area contributed by atoms with E-state index in [9.17, 15) is 9.59 Å². The Bertz CT molecular complexity index is 368. The molecule has 0 aromatic carbocycles. The van der Waals surface area contributed by atoms with E-state index in [-0.39, 0.29) is 18.6 Å². The van der Waals surface area contributed by atoms with Crippen molar-refractivity contribution < 1.29 is 14.7 Å². The molecule has 0 aromatic rings. The summed E-state index contributed by atoms with van der Waals surface area (Å²) in [6.45, 7) is -0.174. The monoisotopic (exact) mass is 266 g/mol. The molecule has 5 nitrogen and oxygen atoms in total. The summed E-state index contributed by atoms with van der Waals surface area (Å²) in [6.07, 6.45) is 6.10. The molecule has 2 amide bonds. The molecule has 0 heterocycles. The van der Waals surface area contributed by atoms with Gasteiger partial charge < -0.3 is 15.3 Å². The fraction of sp³-hybridized carbons (Fsp3) is 0.857. The summed E-state index contributed by atoms with van der Waals surface area (Å²) in [5, 5.41) is 11.7. The molecular formula is C14H22N2O3. The molecule has 4 saturated carbocycles. The van der Waals surface area contributed by atoms with E-state index in [1.807, 2.05) is 0 Å². The molecule has 0 spiro atoms. The fourth-order valence-electron chi connectivity index (χ4n) is 5.01. The maximum absolute atomic E-state index is 12.0. The number of nitrogens with one attached hydrogen (secondary N) is 1. The summed E-state index contributed by atoms with van der Waals surface area (Å²) >= 11 is 0. The third kappa shape index (κ3) is 2.19. The zero-order valence-electron chi connectivity index (χ0n) is 11.3. The first-order chi connectivity index (χ1) is 9.08. The Kier molecular flexibility index (Phi) is 3.15. The molecule has 0 atom stereocenters. The topological polar surface area (TPSA) is 69.6 Å². The molecular weight excluding hydrogens is 244 g/mol. The highest BCUT2D eigenvalue weighted by atomic mass is 16.4. The van der Waals surface area contributed by atoms with Gasteiger partial charge in [-0.1, -0.05) is 0 Å². The van der Waals surface area contributed by atoms with Crippen LogP contribution in [-0.2, 0) is 4.79 Å². The van der Waals surface area contributed by atoms with Crippen LogP contribution in [0, 0.1) is 23.7 Å². The molecule has 4 rings (SSSR count). The molecule has 2 N–H and O–H groups in total. The van der Waals surface area contributed by atoms with Crippen LogP contribution < -0.4 is 5.32 Å². The number of nitrogens with zero attached hydrogens (tertiary/aromatic N) is 1. The number of rotatable bonds is 3. The highest BCUT2D eigenvalue weighted by Gasteiger charge is 2.51. The predicted molar refractivity (Wildman–Crippen MR) is 69.6 cm³/mol. The first-order valence-electron chi connectivity index (χ1n) is 7.28. The Labute approximate surface area is 113 Å². The molecule has 4 bridgehead atoms. The van der Waals surface area contributed by atoms with Crippen LogP contribution in [0.1, 0.15) is 32.1 Å². The van der Waals surface area contributed by atoms with Crippen molar-refractivity contribution in [2.24, 2.45) is 23.7 Å². The van der Waals surface area contributed by atoms with Gasteiger partial charge in [-0.25, -0.2) is 4.79 Å². The number of aliphatic carboxylic acids is 1. The van der Waals surface area contributed by atoms with E-state index in [1.165, 1.54) is 32.1 Å².